The number of hydrogen-bond donors (Lipinski definition) is 1. The molecule has 1 N–H and O–H groups in total. The monoisotopic (exact) mass is 170 g/mol. The second-order valence-electron chi connectivity index (χ2n) is 3.97. The standard InChI is InChI=1S/C9H16NO2/c1-10(2,3)6-8-4-5-9(7-11)12-8/h4-5,11H,6-7H2,1-3H3/q+1. The average Bonchev–Trinajstić information content (AvgIpc) is 2.32. The lowest BCUT2D eigenvalue weighted by Crippen LogP contribution is -2.33. The number of rotatable bonds is 3. The van der Waals surface area contributed by atoms with Gasteiger partial charge in [0.25, 0.3) is 0 Å². The van der Waals surface area contributed by atoms with E-state index in [1.807, 2.05) is 12.1 Å². The Bertz CT molecular complexity index is 247. The van der Waals surface area contributed by atoms with E-state index in [1.54, 1.807) is 0 Å². The molecule has 1 aromatic heterocycles. The molecule has 0 bridgehead atoms. The van der Waals surface area contributed by atoms with E-state index in [0.717, 1.165) is 16.8 Å². The van der Waals surface area contributed by atoms with Gasteiger partial charge in [-0.25, -0.2) is 0 Å². The van der Waals surface area contributed by atoms with Gasteiger partial charge < -0.3 is 14.0 Å². The van der Waals surface area contributed by atoms with Crippen molar-refractivity contribution in [3.8, 4) is 0 Å². The number of aliphatic hydroxyl groups excluding tert-OH is 1. The lowest BCUT2D eigenvalue weighted by Gasteiger charge is -2.22. The van der Waals surface area contributed by atoms with Crippen molar-refractivity contribution in [1.82, 2.24) is 0 Å². The van der Waals surface area contributed by atoms with Crippen molar-refractivity contribution in [3.05, 3.63) is 23.7 Å². The third-order valence-electron chi connectivity index (χ3n) is 1.50. The Morgan fingerprint density at radius 1 is 1.25 bits per heavy atom. The van der Waals surface area contributed by atoms with Gasteiger partial charge in [-0.3, -0.25) is 0 Å². The Kier molecular flexibility index (Phi) is 2.55. The minimum atomic E-state index is -0.0167. The molecule has 0 aromatic carbocycles. The Balaban J connectivity index is 2.64. The van der Waals surface area contributed by atoms with Crippen molar-refractivity contribution in [2.75, 3.05) is 21.1 Å². The summed E-state index contributed by atoms with van der Waals surface area (Å²) in [4.78, 5) is 0. The third-order valence-corrected chi connectivity index (χ3v) is 1.50. The highest BCUT2D eigenvalue weighted by Gasteiger charge is 2.11. The van der Waals surface area contributed by atoms with Crippen molar-refractivity contribution in [3.63, 3.8) is 0 Å². The van der Waals surface area contributed by atoms with Crippen LogP contribution in [0.2, 0.25) is 0 Å². The van der Waals surface area contributed by atoms with Gasteiger partial charge in [0, 0.05) is 0 Å². The van der Waals surface area contributed by atoms with Gasteiger partial charge in [0.15, 0.2) is 5.76 Å². The fourth-order valence-corrected chi connectivity index (χ4v) is 1.06. The maximum atomic E-state index is 8.75. The van der Waals surface area contributed by atoms with Crippen molar-refractivity contribution < 1.29 is 14.0 Å². The third kappa shape index (κ3) is 2.68. The highest BCUT2D eigenvalue weighted by atomic mass is 16.4. The van der Waals surface area contributed by atoms with Gasteiger partial charge in [-0.2, -0.15) is 0 Å². The number of hydrogen-bond acceptors (Lipinski definition) is 2. The van der Waals surface area contributed by atoms with Crippen LogP contribution in [0.15, 0.2) is 16.5 Å². The molecule has 1 rings (SSSR count). The molecule has 0 aliphatic heterocycles. The van der Waals surface area contributed by atoms with Gasteiger partial charge in [0.2, 0.25) is 0 Å². The van der Waals surface area contributed by atoms with Crippen molar-refractivity contribution in [1.29, 1.82) is 0 Å². The molecular weight excluding hydrogens is 154 g/mol. The number of nitrogens with zero attached hydrogens (tertiary/aromatic N) is 1. The van der Waals surface area contributed by atoms with E-state index in [2.05, 4.69) is 21.1 Å². The van der Waals surface area contributed by atoms with Crippen LogP contribution in [0.5, 0.6) is 0 Å². The highest BCUT2D eigenvalue weighted by molar-refractivity contribution is 5.05. The lowest BCUT2D eigenvalue weighted by molar-refractivity contribution is -0.884. The van der Waals surface area contributed by atoms with Gasteiger partial charge in [-0.1, -0.05) is 0 Å². The first-order valence-electron chi connectivity index (χ1n) is 4.00. The lowest BCUT2D eigenvalue weighted by atomic mass is 10.4. The number of aliphatic hydroxyl groups is 1. The maximum absolute atomic E-state index is 8.75. The molecule has 3 nitrogen and oxygen atoms in total. The summed E-state index contributed by atoms with van der Waals surface area (Å²) in [7, 11) is 6.30. The molecule has 0 saturated carbocycles. The first kappa shape index (κ1) is 9.29. The van der Waals surface area contributed by atoms with Crippen LogP contribution in [0.25, 0.3) is 0 Å². The molecule has 1 aromatic rings. The zero-order chi connectivity index (χ0) is 9.19. The average molecular weight is 170 g/mol. The van der Waals surface area contributed by atoms with E-state index in [4.69, 9.17) is 9.52 Å². The topological polar surface area (TPSA) is 33.4 Å². The predicted octanol–water partition coefficient (Wildman–Crippen LogP) is 0.978. The van der Waals surface area contributed by atoms with Gasteiger partial charge in [-0.05, 0) is 12.1 Å². The molecule has 68 valence electrons. The molecule has 0 amide bonds. The molecule has 3 heteroatoms. The molecule has 0 aliphatic rings. The van der Waals surface area contributed by atoms with Crippen LogP contribution in [0.1, 0.15) is 11.5 Å². The Labute approximate surface area is 72.8 Å². The van der Waals surface area contributed by atoms with Crippen LogP contribution in [0, 0.1) is 0 Å². The Morgan fingerprint density at radius 3 is 2.25 bits per heavy atom. The quantitative estimate of drug-likeness (QED) is 0.686. The van der Waals surface area contributed by atoms with Crippen molar-refractivity contribution in [2.45, 2.75) is 13.2 Å². The second-order valence-corrected chi connectivity index (χ2v) is 3.97. The van der Waals surface area contributed by atoms with E-state index < -0.39 is 0 Å². The Morgan fingerprint density at radius 2 is 1.83 bits per heavy atom. The highest BCUT2D eigenvalue weighted by Crippen LogP contribution is 2.11. The molecule has 12 heavy (non-hydrogen) atoms. The molecule has 0 fully saturated rings. The van der Waals surface area contributed by atoms with Gasteiger partial charge in [-0.15, -0.1) is 0 Å². The molecule has 0 atom stereocenters. The molecular formula is C9H16NO2+. The summed E-state index contributed by atoms with van der Waals surface area (Å²) in [5.41, 5.74) is 0. The summed E-state index contributed by atoms with van der Waals surface area (Å²) in [5.74, 6) is 1.56. The number of quaternary nitrogens is 1. The fourth-order valence-electron chi connectivity index (χ4n) is 1.06. The van der Waals surface area contributed by atoms with Crippen molar-refractivity contribution >= 4 is 0 Å². The van der Waals surface area contributed by atoms with Crippen LogP contribution in [-0.4, -0.2) is 30.7 Å². The molecule has 1 heterocycles. The van der Waals surface area contributed by atoms with Crippen LogP contribution >= 0.6 is 0 Å². The van der Waals surface area contributed by atoms with E-state index in [0.29, 0.717) is 5.76 Å². The zero-order valence-corrected chi connectivity index (χ0v) is 7.87. The van der Waals surface area contributed by atoms with Gasteiger partial charge >= 0.3 is 0 Å². The smallest absolute Gasteiger partial charge is 0.158 e. The molecule has 0 aliphatic carbocycles. The molecule has 0 unspecified atom stereocenters. The summed E-state index contributed by atoms with van der Waals surface area (Å²) in [6.07, 6.45) is 0. The van der Waals surface area contributed by atoms with E-state index in [-0.39, 0.29) is 6.61 Å². The summed E-state index contributed by atoms with van der Waals surface area (Å²) < 4.78 is 6.17. The molecule has 0 saturated heterocycles. The van der Waals surface area contributed by atoms with Crippen LogP contribution in [0.4, 0.5) is 0 Å². The fraction of sp³-hybridized carbons (Fsp3) is 0.556. The van der Waals surface area contributed by atoms with Crippen LogP contribution < -0.4 is 0 Å². The van der Waals surface area contributed by atoms with Crippen LogP contribution in [-0.2, 0) is 13.2 Å². The predicted molar refractivity (Wildman–Crippen MR) is 46.4 cm³/mol. The molecule has 0 radical (unpaired) electrons. The largest absolute Gasteiger partial charge is 0.458 e. The minimum absolute atomic E-state index is 0.0167. The van der Waals surface area contributed by atoms with Crippen LogP contribution in [0.3, 0.4) is 0 Å². The van der Waals surface area contributed by atoms with Gasteiger partial charge in [0.1, 0.15) is 18.9 Å². The summed E-state index contributed by atoms with van der Waals surface area (Å²) in [6.45, 7) is 0.830. The van der Waals surface area contributed by atoms with Crippen molar-refractivity contribution in [2.24, 2.45) is 0 Å². The maximum Gasteiger partial charge on any atom is 0.158 e. The SMILES string of the molecule is C[N+](C)(C)Cc1ccc(CO)o1. The Hall–Kier alpha value is -0.800. The normalized spacial score (nSPS) is 12.0. The molecule has 0 spiro atoms. The number of furan rings is 1. The summed E-state index contributed by atoms with van der Waals surface area (Å²) >= 11 is 0. The van der Waals surface area contributed by atoms with E-state index in [1.165, 1.54) is 0 Å². The first-order chi connectivity index (χ1) is 5.51. The van der Waals surface area contributed by atoms with E-state index >= 15 is 0 Å². The summed E-state index contributed by atoms with van der Waals surface area (Å²) in [6, 6.07) is 3.72. The zero-order valence-electron chi connectivity index (χ0n) is 7.87. The first-order valence-corrected chi connectivity index (χ1v) is 4.00. The summed E-state index contributed by atoms with van der Waals surface area (Å²) in [5, 5.41) is 8.75. The van der Waals surface area contributed by atoms with E-state index in [9.17, 15) is 0 Å². The van der Waals surface area contributed by atoms with Gasteiger partial charge in [0.05, 0.1) is 21.1 Å². The second kappa shape index (κ2) is 3.29. The minimum Gasteiger partial charge on any atom is -0.458 e.